The summed E-state index contributed by atoms with van der Waals surface area (Å²) in [6.45, 7) is 0. The summed E-state index contributed by atoms with van der Waals surface area (Å²) in [4.78, 5) is 25.0. The molecule has 17 heavy (non-hydrogen) atoms. The summed E-state index contributed by atoms with van der Waals surface area (Å²) in [5, 5.41) is 9.83. The number of aldehydes is 1. The van der Waals surface area contributed by atoms with E-state index < -0.39 is 5.97 Å². The Morgan fingerprint density at radius 3 is 2.71 bits per heavy atom. The number of carboxylic acids is 1. The van der Waals surface area contributed by atoms with E-state index in [1.165, 1.54) is 24.0 Å². The first-order valence-corrected chi connectivity index (χ1v) is 5.43. The Hall–Kier alpha value is -2.08. The van der Waals surface area contributed by atoms with Gasteiger partial charge in [-0.3, -0.25) is 4.79 Å². The van der Waals surface area contributed by atoms with Gasteiger partial charge in [0.25, 0.3) is 0 Å². The van der Waals surface area contributed by atoms with Gasteiger partial charge in [0, 0.05) is 6.20 Å². The summed E-state index contributed by atoms with van der Waals surface area (Å²) in [5.41, 5.74) is 0.127. The molecule has 0 unspecified atom stereocenters. The van der Waals surface area contributed by atoms with E-state index in [2.05, 4.69) is 4.98 Å². The average Bonchev–Trinajstić information content (AvgIpc) is 2.77. The first kappa shape index (κ1) is 11.4. The first-order chi connectivity index (χ1) is 8.19. The maximum absolute atomic E-state index is 10.6. The van der Waals surface area contributed by atoms with Crippen molar-refractivity contribution in [2.75, 3.05) is 0 Å². The van der Waals surface area contributed by atoms with Crippen molar-refractivity contribution in [1.82, 2.24) is 4.98 Å². The number of carbonyl (C=O) groups excluding carboxylic acids is 1. The van der Waals surface area contributed by atoms with Crippen LogP contribution in [0, 0.1) is 0 Å². The lowest BCUT2D eigenvalue weighted by atomic mass is 10.3. The number of rotatable bonds is 4. The fourth-order valence-corrected chi connectivity index (χ4v) is 1.84. The van der Waals surface area contributed by atoms with E-state index in [1.807, 2.05) is 0 Å². The minimum Gasteiger partial charge on any atom is -0.478 e. The highest BCUT2D eigenvalue weighted by atomic mass is 32.2. The van der Waals surface area contributed by atoms with Crippen molar-refractivity contribution in [2.45, 2.75) is 10.1 Å². The van der Waals surface area contributed by atoms with Crippen LogP contribution in [0.4, 0.5) is 0 Å². The van der Waals surface area contributed by atoms with Crippen LogP contribution in [-0.2, 0) is 0 Å². The SMILES string of the molecule is O=Cc1ccc(Sc2ccc(C(=O)O)cn2)o1. The van der Waals surface area contributed by atoms with E-state index in [0.717, 1.165) is 0 Å². The fourth-order valence-electron chi connectivity index (χ4n) is 1.12. The molecule has 0 radical (unpaired) electrons. The smallest absolute Gasteiger partial charge is 0.337 e. The molecule has 0 aromatic carbocycles. The molecule has 0 saturated carbocycles. The molecule has 0 saturated heterocycles. The predicted octanol–water partition coefficient (Wildman–Crippen LogP) is 2.34. The second kappa shape index (κ2) is 4.84. The average molecular weight is 249 g/mol. The number of nitrogens with zero attached hydrogens (tertiary/aromatic N) is 1. The second-order valence-electron chi connectivity index (χ2n) is 3.07. The predicted molar refractivity (Wildman–Crippen MR) is 59.4 cm³/mol. The lowest BCUT2D eigenvalue weighted by Gasteiger charge is -1.97. The van der Waals surface area contributed by atoms with Crippen LogP contribution in [0.15, 0.2) is 45.0 Å². The largest absolute Gasteiger partial charge is 0.478 e. The monoisotopic (exact) mass is 249 g/mol. The Labute approximate surface area is 100 Å². The molecule has 0 aliphatic heterocycles. The molecule has 2 aromatic rings. The zero-order chi connectivity index (χ0) is 12.3. The molecule has 2 rings (SSSR count). The van der Waals surface area contributed by atoms with E-state index in [0.29, 0.717) is 16.4 Å². The molecule has 2 aromatic heterocycles. The summed E-state index contributed by atoms with van der Waals surface area (Å²) in [6, 6.07) is 6.25. The number of aromatic nitrogens is 1. The Kier molecular flexibility index (Phi) is 3.24. The van der Waals surface area contributed by atoms with Crippen molar-refractivity contribution in [3.63, 3.8) is 0 Å². The van der Waals surface area contributed by atoms with Gasteiger partial charge in [0.1, 0.15) is 5.03 Å². The standard InChI is InChI=1S/C11H7NO4S/c13-6-8-2-4-10(16-8)17-9-3-1-7(5-12-9)11(14)15/h1-6H,(H,14,15). The van der Waals surface area contributed by atoms with Gasteiger partial charge in [-0.1, -0.05) is 0 Å². The van der Waals surface area contributed by atoms with Crippen molar-refractivity contribution >= 4 is 24.0 Å². The minimum absolute atomic E-state index is 0.127. The zero-order valence-electron chi connectivity index (χ0n) is 8.49. The molecular formula is C11H7NO4S. The normalized spacial score (nSPS) is 10.1. The molecule has 0 amide bonds. The Morgan fingerprint density at radius 1 is 1.35 bits per heavy atom. The van der Waals surface area contributed by atoms with Crippen molar-refractivity contribution < 1.29 is 19.1 Å². The molecule has 86 valence electrons. The molecule has 0 spiro atoms. The summed E-state index contributed by atoms with van der Waals surface area (Å²) in [6.07, 6.45) is 1.89. The lowest BCUT2D eigenvalue weighted by Crippen LogP contribution is -1.96. The van der Waals surface area contributed by atoms with Gasteiger partial charge in [0.15, 0.2) is 17.1 Å². The van der Waals surface area contributed by atoms with E-state index in [1.54, 1.807) is 18.2 Å². The highest BCUT2D eigenvalue weighted by molar-refractivity contribution is 7.99. The zero-order valence-corrected chi connectivity index (χ0v) is 9.31. The van der Waals surface area contributed by atoms with Crippen LogP contribution in [-0.4, -0.2) is 22.3 Å². The Balaban J connectivity index is 2.13. The minimum atomic E-state index is -1.02. The number of carboxylic acid groups (broad SMARTS) is 1. The van der Waals surface area contributed by atoms with E-state index in [-0.39, 0.29) is 11.3 Å². The second-order valence-corrected chi connectivity index (χ2v) is 4.09. The molecule has 0 bridgehead atoms. The topological polar surface area (TPSA) is 80.4 Å². The third kappa shape index (κ3) is 2.73. The van der Waals surface area contributed by atoms with Crippen LogP contribution in [0.3, 0.4) is 0 Å². The van der Waals surface area contributed by atoms with Gasteiger partial charge in [-0.25, -0.2) is 9.78 Å². The van der Waals surface area contributed by atoms with E-state index in [9.17, 15) is 9.59 Å². The molecule has 0 atom stereocenters. The molecule has 0 aliphatic carbocycles. The van der Waals surface area contributed by atoms with Crippen molar-refractivity contribution in [3.8, 4) is 0 Å². The number of hydrogen-bond acceptors (Lipinski definition) is 5. The van der Waals surface area contributed by atoms with Crippen molar-refractivity contribution in [2.24, 2.45) is 0 Å². The van der Waals surface area contributed by atoms with Gasteiger partial charge < -0.3 is 9.52 Å². The van der Waals surface area contributed by atoms with E-state index >= 15 is 0 Å². The summed E-state index contributed by atoms with van der Waals surface area (Å²) < 4.78 is 5.15. The molecule has 1 N–H and O–H groups in total. The van der Waals surface area contributed by atoms with Crippen LogP contribution < -0.4 is 0 Å². The third-order valence-electron chi connectivity index (χ3n) is 1.91. The van der Waals surface area contributed by atoms with Gasteiger partial charge in [-0.05, 0) is 36.0 Å². The molecule has 5 nitrogen and oxygen atoms in total. The summed E-state index contributed by atoms with van der Waals surface area (Å²) in [7, 11) is 0. The van der Waals surface area contributed by atoms with Crippen LogP contribution in [0.25, 0.3) is 0 Å². The van der Waals surface area contributed by atoms with E-state index in [4.69, 9.17) is 9.52 Å². The fraction of sp³-hybridized carbons (Fsp3) is 0. The van der Waals surface area contributed by atoms with Gasteiger partial charge >= 0.3 is 5.97 Å². The quantitative estimate of drug-likeness (QED) is 0.837. The van der Waals surface area contributed by atoms with Crippen molar-refractivity contribution in [1.29, 1.82) is 0 Å². The number of carbonyl (C=O) groups is 2. The lowest BCUT2D eigenvalue weighted by molar-refractivity contribution is 0.0696. The molecule has 2 heterocycles. The molecule has 6 heteroatoms. The maximum atomic E-state index is 10.6. The maximum Gasteiger partial charge on any atom is 0.337 e. The Morgan fingerprint density at radius 2 is 2.18 bits per heavy atom. The number of furan rings is 1. The number of aromatic carboxylic acids is 1. The highest BCUT2D eigenvalue weighted by Crippen LogP contribution is 2.27. The molecule has 0 aliphatic rings. The summed E-state index contributed by atoms with van der Waals surface area (Å²) >= 11 is 1.21. The van der Waals surface area contributed by atoms with Gasteiger partial charge in [0.05, 0.1) is 5.56 Å². The number of hydrogen-bond donors (Lipinski definition) is 1. The Bertz CT molecular complexity index is 547. The first-order valence-electron chi connectivity index (χ1n) is 4.61. The van der Waals surface area contributed by atoms with Crippen molar-refractivity contribution in [3.05, 3.63) is 41.8 Å². The van der Waals surface area contributed by atoms with Crippen LogP contribution >= 0.6 is 11.8 Å². The molecule has 0 fully saturated rings. The van der Waals surface area contributed by atoms with Crippen LogP contribution in [0.5, 0.6) is 0 Å². The van der Waals surface area contributed by atoms with Gasteiger partial charge in [0.2, 0.25) is 0 Å². The van der Waals surface area contributed by atoms with Gasteiger partial charge in [-0.2, -0.15) is 0 Å². The van der Waals surface area contributed by atoms with Crippen LogP contribution in [0.2, 0.25) is 0 Å². The third-order valence-corrected chi connectivity index (χ3v) is 2.78. The summed E-state index contributed by atoms with van der Waals surface area (Å²) in [5.74, 6) is -0.773. The van der Waals surface area contributed by atoms with Gasteiger partial charge in [-0.15, -0.1) is 0 Å². The van der Waals surface area contributed by atoms with Crippen LogP contribution in [0.1, 0.15) is 20.9 Å². The highest BCUT2D eigenvalue weighted by Gasteiger charge is 2.06. The molecular weight excluding hydrogens is 242 g/mol. The number of pyridine rings is 1.